The van der Waals surface area contributed by atoms with Crippen LogP contribution >= 0.6 is 0 Å². The summed E-state index contributed by atoms with van der Waals surface area (Å²) in [6.07, 6.45) is 4.52. The van der Waals surface area contributed by atoms with Crippen LogP contribution in [0.2, 0.25) is 0 Å². The third-order valence-electron chi connectivity index (χ3n) is 3.10. The number of halogens is 1. The summed E-state index contributed by atoms with van der Waals surface area (Å²) in [5.41, 5.74) is 2.21. The van der Waals surface area contributed by atoms with E-state index in [0.717, 1.165) is 30.5 Å². The van der Waals surface area contributed by atoms with Gasteiger partial charge in [0.05, 0.1) is 0 Å². The lowest BCUT2D eigenvalue weighted by atomic mass is 9.95. The fourth-order valence-corrected chi connectivity index (χ4v) is 2.22. The fourth-order valence-electron chi connectivity index (χ4n) is 2.22. The minimum Gasteiger partial charge on any atom is -0.310 e. The predicted octanol–water partition coefficient (Wildman–Crippen LogP) is 3.20. The van der Waals surface area contributed by atoms with Gasteiger partial charge < -0.3 is 5.32 Å². The Hall–Kier alpha value is -0.890. The molecular formula is C13H18FN. The summed E-state index contributed by atoms with van der Waals surface area (Å²) < 4.78 is 13.3. The zero-order chi connectivity index (χ0) is 10.7. The lowest BCUT2D eigenvalue weighted by molar-refractivity contribution is 0.410. The van der Waals surface area contributed by atoms with Crippen molar-refractivity contribution in [2.75, 3.05) is 6.54 Å². The summed E-state index contributed by atoms with van der Waals surface area (Å²) >= 11 is 0. The van der Waals surface area contributed by atoms with Crippen LogP contribution in [0.25, 0.3) is 0 Å². The molecule has 0 aliphatic carbocycles. The Morgan fingerprint density at radius 1 is 1.33 bits per heavy atom. The average molecular weight is 207 g/mol. The molecule has 1 aromatic rings. The maximum atomic E-state index is 13.3. The van der Waals surface area contributed by atoms with Gasteiger partial charge in [0.25, 0.3) is 0 Å². The highest BCUT2D eigenvalue weighted by Gasteiger charge is 2.15. The molecule has 0 aromatic heterocycles. The van der Waals surface area contributed by atoms with E-state index in [2.05, 4.69) is 18.3 Å². The van der Waals surface area contributed by atoms with Crippen LogP contribution in [0.4, 0.5) is 4.39 Å². The van der Waals surface area contributed by atoms with Crippen LogP contribution in [0.3, 0.4) is 0 Å². The first-order chi connectivity index (χ1) is 7.29. The summed E-state index contributed by atoms with van der Waals surface area (Å²) in [5, 5.41) is 3.45. The number of hydrogen-bond donors (Lipinski definition) is 1. The van der Waals surface area contributed by atoms with Gasteiger partial charge in [-0.25, -0.2) is 4.39 Å². The minimum absolute atomic E-state index is 0.100. The molecule has 1 unspecified atom stereocenters. The van der Waals surface area contributed by atoms with Gasteiger partial charge in [0.1, 0.15) is 5.82 Å². The molecule has 1 N–H and O–H groups in total. The van der Waals surface area contributed by atoms with Crippen LogP contribution < -0.4 is 5.32 Å². The Morgan fingerprint density at radius 3 is 2.87 bits per heavy atom. The Labute approximate surface area is 90.7 Å². The molecule has 1 heterocycles. The van der Waals surface area contributed by atoms with Crippen molar-refractivity contribution in [3.63, 3.8) is 0 Å². The SMILES string of the molecule is CCc1cc(F)cc(C2CCCCN2)c1. The smallest absolute Gasteiger partial charge is 0.123 e. The molecule has 15 heavy (non-hydrogen) atoms. The standard InChI is InChI=1S/C13H18FN/c1-2-10-7-11(9-12(14)8-10)13-5-3-4-6-15-13/h7-9,13,15H,2-6H2,1H3. The molecule has 1 saturated heterocycles. The molecule has 2 rings (SSSR count). The van der Waals surface area contributed by atoms with Gasteiger partial charge in [-0.15, -0.1) is 0 Å². The summed E-state index contributed by atoms with van der Waals surface area (Å²) in [7, 11) is 0. The normalized spacial score (nSPS) is 21.6. The lowest BCUT2D eigenvalue weighted by Gasteiger charge is -2.24. The van der Waals surface area contributed by atoms with Gasteiger partial charge in [-0.05, 0) is 49.1 Å². The van der Waals surface area contributed by atoms with E-state index in [9.17, 15) is 4.39 Å². The van der Waals surface area contributed by atoms with Crippen LogP contribution in [-0.4, -0.2) is 6.54 Å². The first kappa shape index (κ1) is 10.6. The first-order valence-corrected chi connectivity index (χ1v) is 5.82. The summed E-state index contributed by atoms with van der Waals surface area (Å²) in [6.45, 7) is 3.12. The molecule has 0 amide bonds. The summed E-state index contributed by atoms with van der Waals surface area (Å²) in [6, 6.07) is 5.79. The third-order valence-corrected chi connectivity index (χ3v) is 3.10. The third kappa shape index (κ3) is 2.57. The monoisotopic (exact) mass is 207 g/mol. The van der Waals surface area contributed by atoms with Gasteiger partial charge in [-0.2, -0.15) is 0 Å². The number of benzene rings is 1. The number of piperidine rings is 1. The molecule has 0 spiro atoms. The molecule has 1 aromatic carbocycles. The van der Waals surface area contributed by atoms with Gasteiger partial charge in [0.15, 0.2) is 0 Å². The predicted molar refractivity (Wildman–Crippen MR) is 60.4 cm³/mol. The van der Waals surface area contributed by atoms with E-state index >= 15 is 0 Å². The summed E-state index contributed by atoms with van der Waals surface area (Å²) in [5.74, 6) is -0.100. The molecular weight excluding hydrogens is 189 g/mol. The summed E-state index contributed by atoms with van der Waals surface area (Å²) in [4.78, 5) is 0. The van der Waals surface area contributed by atoms with Crippen LogP contribution in [0, 0.1) is 5.82 Å². The second-order valence-electron chi connectivity index (χ2n) is 4.25. The topological polar surface area (TPSA) is 12.0 Å². The van der Waals surface area contributed by atoms with E-state index in [1.807, 2.05) is 0 Å². The van der Waals surface area contributed by atoms with Crippen molar-refractivity contribution in [3.8, 4) is 0 Å². The van der Waals surface area contributed by atoms with Crippen molar-refractivity contribution in [2.45, 2.75) is 38.6 Å². The average Bonchev–Trinajstić information content (AvgIpc) is 2.29. The van der Waals surface area contributed by atoms with E-state index in [1.54, 1.807) is 12.1 Å². The van der Waals surface area contributed by atoms with Crippen LogP contribution in [0.5, 0.6) is 0 Å². The van der Waals surface area contributed by atoms with Crippen LogP contribution in [0.15, 0.2) is 18.2 Å². The number of hydrogen-bond acceptors (Lipinski definition) is 1. The number of rotatable bonds is 2. The van der Waals surface area contributed by atoms with Crippen molar-refractivity contribution in [1.29, 1.82) is 0 Å². The lowest BCUT2D eigenvalue weighted by Crippen LogP contribution is -2.26. The van der Waals surface area contributed by atoms with Gasteiger partial charge in [-0.1, -0.05) is 19.4 Å². The molecule has 1 nitrogen and oxygen atoms in total. The Bertz CT molecular complexity index is 329. The van der Waals surface area contributed by atoms with E-state index in [-0.39, 0.29) is 5.82 Å². The van der Waals surface area contributed by atoms with Crippen molar-refractivity contribution in [1.82, 2.24) is 5.32 Å². The Balaban J connectivity index is 2.22. The van der Waals surface area contributed by atoms with Crippen molar-refractivity contribution >= 4 is 0 Å². The zero-order valence-electron chi connectivity index (χ0n) is 9.22. The van der Waals surface area contributed by atoms with Crippen LogP contribution in [0.1, 0.15) is 43.4 Å². The minimum atomic E-state index is -0.100. The zero-order valence-corrected chi connectivity index (χ0v) is 9.22. The Kier molecular flexibility index (Phi) is 3.37. The number of nitrogens with one attached hydrogen (secondary N) is 1. The molecule has 82 valence electrons. The highest BCUT2D eigenvalue weighted by Crippen LogP contribution is 2.24. The fraction of sp³-hybridized carbons (Fsp3) is 0.538. The van der Waals surface area contributed by atoms with Crippen molar-refractivity contribution in [2.24, 2.45) is 0 Å². The van der Waals surface area contributed by atoms with Gasteiger partial charge >= 0.3 is 0 Å². The van der Waals surface area contributed by atoms with Gasteiger partial charge in [0, 0.05) is 6.04 Å². The van der Waals surface area contributed by atoms with Crippen molar-refractivity contribution < 1.29 is 4.39 Å². The number of aryl methyl sites for hydroxylation is 1. The molecule has 1 aliphatic heterocycles. The van der Waals surface area contributed by atoms with Crippen molar-refractivity contribution in [3.05, 3.63) is 35.1 Å². The first-order valence-electron chi connectivity index (χ1n) is 5.82. The maximum Gasteiger partial charge on any atom is 0.123 e. The van der Waals surface area contributed by atoms with Gasteiger partial charge in [0.2, 0.25) is 0 Å². The molecule has 0 saturated carbocycles. The maximum absolute atomic E-state index is 13.3. The van der Waals surface area contributed by atoms with Gasteiger partial charge in [-0.3, -0.25) is 0 Å². The second kappa shape index (κ2) is 4.75. The molecule has 0 bridgehead atoms. The quantitative estimate of drug-likeness (QED) is 0.785. The molecule has 2 heteroatoms. The molecule has 1 fully saturated rings. The Morgan fingerprint density at radius 2 is 2.20 bits per heavy atom. The largest absolute Gasteiger partial charge is 0.310 e. The van der Waals surface area contributed by atoms with E-state index in [4.69, 9.17) is 0 Å². The van der Waals surface area contributed by atoms with E-state index < -0.39 is 0 Å². The molecule has 1 aliphatic rings. The van der Waals surface area contributed by atoms with E-state index in [0.29, 0.717) is 6.04 Å². The highest BCUT2D eigenvalue weighted by atomic mass is 19.1. The second-order valence-corrected chi connectivity index (χ2v) is 4.25. The highest BCUT2D eigenvalue weighted by molar-refractivity contribution is 5.27. The molecule has 0 radical (unpaired) electrons. The van der Waals surface area contributed by atoms with Crippen LogP contribution in [-0.2, 0) is 6.42 Å². The van der Waals surface area contributed by atoms with E-state index in [1.165, 1.54) is 12.8 Å². The molecule has 1 atom stereocenters.